The number of ether oxygens (including phenoxy) is 1. The molecule has 1 rings (SSSR count). The SMILES string of the molecule is Cc1ccccc1CN(N)C(=O)CCNC(=O)OC(C)(C)C. The third-order valence-corrected chi connectivity index (χ3v) is 2.93. The van der Waals surface area contributed by atoms with Crippen molar-refractivity contribution in [2.45, 2.75) is 46.3 Å². The van der Waals surface area contributed by atoms with E-state index in [1.165, 1.54) is 5.01 Å². The fourth-order valence-electron chi connectivity index (χ4n) is 1.79. The van der Waals surface area contributed by atoms with Gasteiger partial charge in [-0.15, -0.1) is 0 Å². The van der Waals surface area contributed by atoms with Crippen LogP contribution >= 0.6 is 0 Å². The zero-order valence-electron chi connectivity index (χ0n) is 13.7. The average Bonchev–Trinajstić information content (AvgIpc) is 2.39. The van der Waals surface area contributed by atoms with Crippen molar-refractivity contribution in [2.24, 2.45) is 5.84 Å². The van der Waals surface area contributed by atoms with Crippen LogP contribution in [0.2, 0.25) is 0 Å². The molecule has 0 bridgehead atoms. The van der Waals surface area contributed by atoms with Crippen LogP contribution in [0.1, 0.15) is 38.3 Å². The van der Waals surface area contributed by atoms with Gasteiger partial charge >= 0.3 is 6.09 Å². The lowest BCUT2D eigenvalue weighted by Gasteiger charge is -2.20. The van der Waals surface area contributed by atoms with Crippen molar-refractivity contribution >= 4 is 12.0 Å². The molecule has 1 aromatic rings. The molecule has 0 fully saturated rings. The van der Waals surface area contributed by atoms with Crippen LogP contribution in [0, 0.1) is 6.92 Å². The van der Waals surface area contributed by atoms with Crippen LogP contribution < -0.4 is 11.2 Å². The van der Waals surface area contributed by atoms with Crippen LogP contribution in [0.4, 0.5) is 4.79 Å². The number of aryl methyl sites for hydroxylation is 1. The molecule has 122 valence electrons. The summed E-state index contributed by atoms with van der Waals surface area (Å²) >= 11 is 0. The Morgan fingerprint density at radius 3 is 2.50 bits per heavy atom. The highest BCUT2D eigenvalue weighted by atomic mass is 16.6. The number of carbonyl (C=O) groups is 2. The molecule has 0 unspecified atom stereocenters. The number of nitrogens with zero attached hydrogens (tertiary/aromatic N) is 1. The summed E-state index contributed by atoms with van der Waals surface area (Å²) in [7, 11) is 0. The Kier molecular flexibility index (Phi) is 6.37. The van der Waals surface area contributed by atoms with E-state index in [1.54, 1.807) is 20.8 Å². The number of rotatable bonds is 5. The molecule has 1 aromatic carbocycles. The summed E-state index contributed by atoms with van der Waals surface area (Å²) in [6.45, 7) is 7.84. The van der Waals surface area contributed by atoms with Gasteiger partial charge in [0.25, 0.3) is 0 Å². The van der Waals surface area contributed by atoms with E-state index in [2.05, 4.69) is 5.32 Å². The lowest BCUT2D eigenvalue weighted by atomic mass is 10.1. The molecule has 22 heavy (non-hydrogen) atoms. The van der Waals surface area contributed by atoms with Crippen molar-refractivity contribution < 1.29 is 14.3 Å². The first-order valence-electron chi connectivity index (χ1n) is 7.25. The van der Waals surface area contributed by atoms with Crippen molar-refractivity contribution in [1.82, 2.24) is 10.3 Å². The fraction of sp³-hybridized carbons (Fsp3) is 0.500. The molecule has 2 amide bonds. The Morgan fingerprint density at radius 1 is 1.27 bits per heavy atom. The monoisotopic (exact) mass is 307 g/mol. The Morgan fingerprint density at radius 2 is 1.91 bits per heavy atom. The second-order valence-electron chi connectivity index (χ2n) is 6.13. The van der Waals surface area contributed by atoms with E-state index >= 15 is 0 Å². The number of nitrogens with two attached hydrogens (primary N) is 1. The number of carbonyl (C=O) groups excluding carboxylic acids is 2. The zero-order valence-corrected chi connectivity index (χ0v) is 13.7. The quantitative estimate of drug-likeness (QED) is 0.496. The Balaban J connectivity index is 2.36. The topological polar surface area (TPSA) is 84.7 Å². The van der Waals surface area contributed by atoms with Gasteiger partial charge in [-0.05, 0) is 38.8 Å². The van der Waals surface area contributed by atoms with Crippen LogP contribution in [0.5, 0.6) is 0 Å². The molecule has 0 aromatic heterocycles. The molecule has 0 radical (unpaired) electrons. The first-order valence-corrected chi connectivity index (χ1v) is 7.25. The summed E-state index contributed by atoms with van der Waals surface area (Å²) in [5.41, 5.74) is 1.52. The van der Waals surface area contributed by atoms with Gasteiger partial charge in [0.05, 0.1) is 6.54 Å². The maximum absolute atomic E-state index is 11.9. The van der Waals surface area contributed by atoms with Gasteiger partial charge in [-0.1, -0.05) is 24.3 Å². The zero-order chi connectivity index (χ0) is 16.8. The molecule has 0 atom stereocenters. The van der Waals surface area contributed by atoms with Crippen molar-refractivity contribution in [3.63, 3.8) is 0 Å². The van der Waals surface area contributed by atoms with Crippen LogP contribution in [-0.2, 0) is 16.1 Å². The number of hydrazine groups is 1. The maximum Gasteiger partial charge on any atom is 0.407 e. The summed E-state index contributed by atoms with van der Waals surface area (Å²) in [4.78, 5) is 23.4. The minimum Gasteiger partial charge on any atom is -0.444 e. The molecule has 0 saturated carbocycles. The molecular weight excluding hydrogens is 282 g/mol. The Labute approximate surface area is 131 Å². The highest BCUT2D eigenvalue weighted by Crippen LogP contribution is 2.09. The predicted octanol–water partition coefficient (Wildman–Crippen LogP) is 2.11. The average molecular weight is 307 g/mol. The third kappa shape index (κ3) is 6.58. The number of hydrogen-bond donors (Lipinski definition) is 2. The van der Waals surface area contributed by atoms with Crippen molar-refractivity contribution in [1.29, 1.82) is 0 Å². The molecule has 6 heteroatoms. The molecular formula is C16H25N3O3. The number of amides is 2. The van der Waals surface area contributed by atoms with E-state index in [-0.39, 0.29) is 18.9 Å². The van der Waals surface area contributed by atoms with Gasteiger partial charge < -0.3 is 10.1 Å². The van der Waals surface area contributed by atoms with Crippen LogP contribution in [-0.4, -0.2) is 29.2 Å². The van der Waals surface area contributed by atoms with Crippen molar-refractivity contribution in [3.05, 3.63) is 35.4 Å². The van der Waals surface area contributed by atoms with Crippen LogP contribution in [0.15, 0.2) is 24.3 Å². The largest absolute Gasteiger partial charge is 0.444 e. The first-order chi connectivity index (χ1) is 10.2. The van der Waals surface area contributed by atoms with E-state index in [0.29, 0.717) is 6.54 Å². The second-order valence-corrected chi connectivity index (χ2v) is 6.13. The maximum atomic E-state index is 11.9. The lowest BCUT2D eigenvalue weighted by molar-refractivity contribution is -0.132. The summed E-state index contributed by atoms with van der Waals surface area (Å²) in [5, 5.41) is 3.70. The molecule has 0 heterocycles. The van der Waals surface area contributed by atoms with Gasteiger partial charge in [0.1, 0.15) is 5.60 Å². The number of benzene rings is 1. The van der Waals surface area contributed by atoms with Crippen LogP contribution in [0.3, 0.4) is 0 Å². The number of nitrogens with one attached hydrogen (secondary N) is 1. The van der Waals surface area contributed by atoms with Crippen molar-refractivity contribution in [2.75, 3.05) is 6.54 Å². The lowest BCUT2D eigenvalue weighted by Crippen LogP contribution is -2.40. The Bertz CT molecular complexity index is 524. The van der Waals surface area contributed by atoms with E-state index < -0.39 is 11.7 Å². The smallest absolute Gasteiger partial charge is 0.407 e. The third-order valence-electron chi connectivity index (χ3n) is 2.93. The molecule has 3 N–H and O–H groups in total. The van der Waals surface area contributed by atoms with E-state index in [9.17, 15) is 9.59 Å². The number of alkyl carbamates (subject to hydrolysis) is 1. The summed E-state index contributed by atoms with van der Waals surface area (Å²) in [6, 6.07) is 7.75. The minimum absolute atomic E-state index is 0.127. The van der Waals surface area contributed by atoms with E-state index in [1.807, 2.05) is 31.2 Å². The predicted molar refractivity (Wildman–Crippen MR) is 84.8 cm³/mol. The normalized spacial score (nSPS) is 11.0. The highest BCUT2D eigenvalue weighted by Gasteiger charge is 2.16. The molecule has 0 saturated heterocycles. The van der Waals surface area contributed by atoms with E-state index in [0.717, 1.165) is 11.1 Å². The Hall–Kier alpha value is -2.08. The van der Waals surface area contributed by atoms with E-state index in [4.69, 9.17) is 10.6 Å². The number of hydrogen-bond acceptors (Lipinski definition) is 4. The molecule has 0 aliphatic heterocycles. The van der Waals surface area contributed by atoms with Gasteiger partial charge in [-0.3, -0.25) is 9.80 Å². The minimum atomic E-state index is -0.557. The molecule has 0 aliphatic rings. The van der Waals surface area contributed by atoms with Crippen molar-refractivity contribution in [3.8, 4) is 0 Å². The molecule has 0 spiro atoms. The standard InChI is InChI=1S/C16H25N3O3/c1-12-7-5-6-8-13(12)11-19(17)14(20)9-10-18-15(21)22-16(2,3)4/h5-8H,9-11,17H2,1-4H3,(H,18,21). The first kappa shape index (κ1) is 18.0. The van der Waals surface area contributed by atoms with Gasteiger partial charge in [0.2, 0.25) is 5.91 Å². The van der Waals surface area contributed by atoms with Gasteiger partial charge in [0, 0.05) is 13.0 Å². The summed E-state index contributed by atoms with van der Waals surface area (Å²) < 4.78 is 5.09. The fourth-order valence-corrected chi connectivity index (χ4v) is 1.79. The van der Waals surface area contributed by atoms with Gasteiger partial charge in [-0.2, -0.15) is 0 Å². The molecule has 6 nitrogen and oxygen atoms in total. The highest BCUT2D eigenvalue weighted by molar-refractivity contribution is 5.76. The summed E-state index contributed by atoms with van der Waals surface area (Å²) in [5.74, 6) is 5.54. The van der Waals surface area contributed by atoms with Crippen LogP contribution in [0.25, 0.3) is 0 Å². The summed E-state index contributed by atoms with van der Waals surface area (Å²) in [6.07, 6.45) is -0.412. The van der Waals surface area contributed by atoms with Gasteiger partial charge in [0.15, 0.2) is 0 Å². The second kappa shape index (κ2) is 7.79. The molecule has 0 aliphatic carbocycles. The van der Waals surface area contributed by atoms with Gasteiger partial charge in [-0.25, -0.2) is 10.6 Å².